The zero-order valence-corrected chi connectivity index (χ0v) is 11.2. The zero-order valence-electron chi connectivity index (χ0n) is 5.00. The van der Waals surface area contributed by atoms with Crippen molar-refractivity contribution in [1.82, 2.24) is 0 Å². The molecule has 0 nitrogen and oxygen atoms in total. The van der Waals surface area contributed by atoms with Gasteiger partial charge in [0.2, 0.25) is 0 Å². The van der Waals surface area contributed by atoms with E-state index in [4.69, 9.17) is 0 Å². The Hall–Kier alpha value is 3.27. The summed E-state index contributed by atoms with van der Waals surface area (Å²) < 4.78 is 0. The Labute approximate surface area is 129 Å². The molecule has 0 spiro atoms. The second-order valence-electron chi connectivity index (χ2n) is 0. The van der Waals surface area contributed by atoms with Crippen LogP contribution in [0.15, 0.2) is 0 Å². The van der Waals surface area contributed by atoms with E-state index in [9.17, 15) is 0 Å². The molecule has 0 amide bonds. The van der Waals surface area contributed by atoms with Gasteiger partial charge in [-0.1, -0.05) is 7.43 Å². The minimum Gasteiger partial charge on any atom is -0.358 e. The van der Waals surface area contributed by atoms with E-state index in [2.05, 4.69) is 0 Å². The molecule has 0 rings (SSSR count). The van der Waals surface area contributed by atoms with Crippen LogP contribution in [0.3, 0.4) is 0 Å². The van der Waals surface area contributed by atoms with E-state index in [0.29, 0.717) is 0 Å². The predicted octanol–water partition coefficient (Wildman–Crippen LogP) is -4.01. The number of hydrogen-bond donors (Lipinski definition) is 0. The Morgan fingerprint density at radius 3 is 0.500 bits per heavy atom. The van der Waals surface area contributed by atoms with Gasteiger partial charge in [0.25, 0.3) is 0 Å². The second kappa shape index (κ2) is 40.9. The minimum absolute atomic E-state index is 0. The van der Waals surface area contributed by atoms with Crippen LogP contribution in [0.5, 0.6) is 0 Å². The van der Waals surface area contributed by atoms with Gasteiger partial charge in [-0.05, 0) is 0 Å². The summed E-state index contributed by atoms with van der Waals surface area (Å²) in [5.74, 6) is 0. The summed E-state index contributed by atoms with van der Waals surface area (Å²) in [5, 5.41) is 0. The van der Waals surface area contributed by atoms with Crippen LogP contribution in [0.25, 0.3) is 0 Å². The molecule has 0 atom stereocenters. The van der Waals surface area contributed by atoms with Gasteiger partial charge in [-0.15, -0.1) is 0 Å². The fourth-order valence-electron chi connectivity index (χ4n) is 0. The fraction of sp³-hybridized carbons (Fsp3) is 0.250. The van der Waals surface area contributed by atoms with Crippen LogP contribution in [-0.4, -0.2) is 0 Å². The molecule has 0 heterocycles. The molecule has 0 aromatic heterocycles. The summed E-state index contributed by atoms with van der Waals surface area (Å²) in [7, 11) is 0. The molecule has 0 saturated heterocycles. The van der Waals surface area contributed by atoms with Crippen LogP contribution in [0.2, 0.25) is 0 Å². The second-order valence-corrected chi connectivity index (χ2v) is 0. The van der Waals surface area contributed by atoms with Gasteiger partial charge in [0.15, 0.2) is 0 Å². The summed E-state index contributed by atoms with van der Waals surface area (Å²) in [5.41, 5.74) is 0. The SMILES string of the molecule is C.[CH3-].[CH3-].[CH3-].[K+].[K+]. The summed E-state index contributed by atoms with van der Waals surface area (Å²) in [6, 6.07) is 0. The fourth-order valence-corrected chi connectivity index (χ4v) is 0. The third kappa shape index (κ3) is 26.7. The Morgan fingerprint density at radius 1 is 0.500 bits per heavy atom. The first-order valence-corrected chi connectivity index (χ1v) is 0. The van der Waals surface area contributed by atoms with Gasteiger partial charge in [-0.25, -0.2) is 0 Å². The van der Waals surface area contributed by atoms with E-state index < -0.39 is 0 Å². The largest absolute Gasteiger partial charge is 1.00 e. The monoisotopic (exact) mass is 139 g/mol. The van der Waals surface area contributed by atoms with E-state index >= 15 is 0 Å². The maximum atomic E-state index is 0. The number of hydrogen-bond acceptors (Lipinski definition) is 0. The number of rotatable bonds is 0. The molecular weight excluding hydrogens is 126 g/mol. The van der Waals surface area contributed by atoms with Crippen LogP contribution in [0.4, 0.5) is 0 Å². The van der Waals surface area contributed by atoms with Crippen LogP contribution >= 0.6 is 0 Å². The first-order valence-electron chi connectivity index (χ1n) is 0. The van der Waals surface area contributed by atoms with Crippen molar-refractivity contribution in [1.29, 1.82) is 0 Å². The van der Waals surface area contributed by atoms with Crippen molar-refractivity contribution >= 4 is 0 Å². The Balaban J connectivity index is 0. The first-order chi connectivity index (χ1) is 0. The maximum absolute atomic E-state index is 0. The van der Waals surface area contributed by atoms with Crippen molar-refractivity contribution in [2.24, 2.45) is 0 Å². The third-order valence-corrected chi connectivity index (χ3v) is 0. The summed E-state index contributed by atoms with van der Waals surface area (Å²) in [4.78, 5) is 0. The average Bonchev–Trinajstić information content (AvgIpc) is 0. The maximum Gasteiger partial charge on any atom is 1.00 e. The van der Waals surface area contributed by atoms with Gasteiger partial charge in [0.1, 0.15) is 0 Å². The standard InChI is InChI=1S/CH4.3CH3.2K/h1H4;3*1H3;;/q;3*-1;2*+1. The van der Waals surface area contributed by atoms with Gasteiger partial charge < -0.3 is 22.3 Å². The summed E-state index contributed by atoms with van der Waals surface area (Å²) in [6.45, 7) is 0. The average molecular weight is 139 g/mol. The molecule has 32 valence electrons. The Morgan fingerprint density at radius 2 is 0.500 bits per heavy atom. The van der Waals surface area contributed by atoms with Crippen LogP contribution in [0.1, 0.15) is 7.43 Å². The smallest absolute Gasteiger partial charge is 0.358 e. The van der Waals surface area contributed by atoms with E-state index in [1.807, 2.05) is 0 Å². The zero-order chi connectivity index (χ0) is 0. The van der Waals surface area contributed by atoms with Crippen LogP contribution in [-0.2, 0) is 0 Å². The molecule has 0 fully saturated rings. The van der Waals surface area contributed by atoms with Gasteiger partial charge in [-0.3, -0.25) is 0 Å². The normalized spacial score (nSPS) is 0. The molecule has 2 heteroatoms. The van der Waals surface area contributed by atoms with Crippen LogP contribution in [0, 0.1) is 22.3 Å². The van der Waals surface area contributed by atoms with Crippen LogP contribution < -0.4 is 103 Å². The molecule has 0 aliphatic carbocycles. The van der Waals surface area contributed by atoms with Gasteiger partial charge in [0, 0.05) is 0 Å². The molecular formula is C4H13K2-. The molecule has 0 aliphatic heterocycles. The van der Waals surface area contributed by atoms with E-state index in [1.165, 1.54) is 0 Å². The quantitative estimate of drug-likeness (QED) is 0.237. The molecule has 0 aromatic carbocycles. The topological polar surface area (TPSA) is 0 Å². The van der Waals surface area contributed by atoms with Crippen molar-refractivity contribution in [2.75, 3.05) is 0 Å². The van der Waals surface area contributed by atoms with Gasteiger partial charge in [-0.2, -0.15) is 0 Å². The molecule has 0 radical (unpaired) electrons. The Bertz CT molecular complexity index is 5.51. The van der Waals surface area contributed by atoms with E-state index in [0.717, 1.165) is 0 Å². The first kappa shape index (κ1) is 59.2. The van der Waals surface area contributed by atoms with E-state index in [1.54, 1.807) is 0 Å². The molecule has 0 N–H and O–H groups in total. The van der Waals surface area contributed by atoms with E-state index in [-0.39, 0.29) is 132 Å². The molecule has 6 heavy (non-hydrogen) atoms. The molecule has 0 saturated carbocycles. The molecule has 0 aliphatic rings. The minimum atomic E-state index is 0. The van der Waals surface area contributed by atoms with Gasteiger partial charge in [0.05, 0.1) is 0 Å². The molecule has 0 bridgehead atoms. The van der Waals surface area contributed by atoms with Crippen molar-refractivity contribution in [3.05, 3.63) is 22.3 Å². The van der Waals surface area contributed by atoms with Crippen molar-refractivity contribution < 1.29 is 103 Å². The predicted molar refractivity (Wildman–Crippen MR) is 26.0 cm³/mol. The third-order valence-electron chi connectivity index (χ3n) is 0. The van der Waals surface area contributed by atoms with Crippen molar-refractivity contribution in [3.63, 3.8) is 0 Å². The summed E-state index contributed by atoms with van der Waals surface area (Å²) >= 11 is 0. The molecule has 0 aromatic rings. The summed E-state index contributed by atoms with van der Waals surface area (Å²) in [6.07, 6.45) is 0. The van der Waals surface area contributed by atoms with Crippen molar-refractivity contribution in [2.45, 2.75) is 7.43 Å². The molecule has 0 unspecified atom stereocenters. The van der Waals surface area contributed by atoms with Crippen molar-refractivity contribution in [3.8, 4) is 0 Å². The van der Waals surface area contributed by atoms with Gasteiger partial charge >= 0.3 is 103 Å². The Kier molecular flexibility index (Phi) is 403.